The van der Waals surface area contributed by atoms with E-state index >= 15 is 0 Å². The second-order valence-electron chi connectivity index (χ2n) is 8.06. The van der Waals surface area contributed by atoms with Crippen molar-refractivity contribution in [3.63, 3.8) is 0 Å². The Hall–Kier alpha value is -3.42. The van der Waals surface area contributed by atoms with E-state index in [1.165, 1.54) is 16.1 Å². The molecular formula is C23H25N3O5. The highest BCUT2D eigenvalue weighted by Gasteiger charge is 2.63. The topological polar surface area (TPSA) is 91.1 Å². The summed E-state index contributed by atoms with van der Waals surface area (Å²) in [5.41, 5.74) is 0.778. The molecule has 0 N–H and O–H groups in total. The quantitative estimate of drug-likeness (QED) is 0.524. The Labute approximate surface area is 180 Å². The molecule has 4 amide bonds. The van der Waals surface area contributed by atoms with Gasteiger partial charge in [0.05, 0.1) is 12.7 Å². The highest BCUT2D eigenvalue weighted by atomic mass is 16.3. The van der Waals surface area contributed by atoms with Gasteiger partial charge < -0.3 is 14.2 Å². The molecule has 0 radical (unpaired) electrons. The molecule has 8 heteroatoms. The van der Waals surface area contributed by atoms with Gasteiger partial charge in [-0.3, -0.25) is 24.1 Å². The maximum atomic E-state index is 13.4. The number of likely N-dealkylation sites (N-methyl/N-ethyl adjacent to an activating group) is 1. The zero-order valence-corrected chi connectivity index (χ0v) is 17.9. The van der Waals surface area contributed by atoms with Gasteiger partial charge in [-0.2, -0.15) is 0 Å². The Morgan fingerprint density at radius 1 is 1.16 bits per heavy atom. The molecule has 1 fully saturated rings. The van der Waals surface area contributed by atoms with Crippen LogP contribution in [0.25, 0.3) is 0 Å². The van der Waals surface area contributed by atoms with Crippen LogP contribution in [0.3, 0.4) is 0 Å². The standard InChI is InChI=1S/C23H25N3O5/c1-4-25-17-9-8-15(2)13-16(17)23(21(25)29)14-19(27)26(22(23)30)11-6-10-24(3)20(28)18-7-5-12-31-18/h5,7-9,12-13H,4,6,10-11,14H2,1-3H3. The van der Waals surface area contributed by atoms with E-state index in [0.717, 1.165) is 5.56 Å². The van der Waals surface area contributed by atoms with E-state index in [2.05, 4.69) is 0 Å². The fourth-order valence-electron chi connectivity index (χ4n) is 4.50. The normalized spacial score (nSPS) is 20.2. The number of benzene rings is 1. The number of likely N-dealkylation sites (tertiary alicyclic amines) is 1. The fourth-order valence-corrected chi connectivity index (χ4v) is 4.50. The maximum Gasteiger partial charge on any atom is 0.289 e. The number of furan rings is 1. The molecule has 0 aliphatic carbocycles. The summed E-state index contributed by atoms with van der Waals surface area (Å²) in [5, 5.41) is 0. The van der Waals surface area contributed by atoms with Crippen LogP contribution >= 0.6 is 0 Å². The summed E-state index contributed by atoms with van der Waals surface area (Å²) in [6.45, 7) is 4.67. The number of carbonyl (C=O) groups is 4. The number of hydrogen-bond acceptors (Lipinski definition) is 5. The molecule has 1 unspecified atom stereocenters. The van der Waals surface area contributed by atoms with Crippen LogP contribution in [0.15, 0.2) is 41.0 Å². The minimum atomic E-state index is -1.47. The van der Waals surface area contributed by atoms with Crippen molar-refractivity contribution < 1.29 is 23.6 Å². The molecule has 1 saturated heterocycles. The molecule has 4 rings (SSSR count). The summed E-state index contributed by atoms with van der Waals surface area (Å²) in [5.74, 6) is -1.19. The highest BCUT2D eigenvalue weighted by Crippen LogP contribution is 2.48. The molecule has 2 aliphatic heterocycles. The number of amides is 4. The van der Waals surface area contributed by atoms with Gasteiger partial charge in [-0.1, -0.05) is 17.7 Å². The lowest BCUT2D eigenvalue weighted by atomic mass is 9.79. The molecule has 1 spiro atoms. The van der Waals surface area contributed by atoms with Gasteiger partial charge in [0.15, 0.2) is 11.2 Å². The molecule has 3 heterocycles. The largest absolute Gasteiger partial charge is 0.459 e. The van der Waals surface area contributed by atoms with E-state index in [0.29, 0.717) is 30.8 Å². The third kappa shape index (κ3) is 3.13. The average molecular weight is 423 g/mol. The smallest absolute Gasteiger partial charge is 0.289 e. The molecule has 0 saturated carbocycles. The van der Waals surface area contributed by atoms with Crippen molar-refractivity contribution in [2.75, 3.05) is 31.6 Å². The molecule has 0 bridgehead atoms. The third-order valence-corrected chi connectivity index (χ3v) is 6.11. The van der Waals surface area contributed by atoms with Crippen molar-refractivity contribution in [3.05, 3.63) is 53.5 Å². The number of rotatable bonds is 6. The van der Waals surface area contributed by atoms with Gasteiger partial charge in [-0.25, -0.2) is 0 Å². The van der Waals surface area contributed by atoms with Gasteiger partial charge in [0, 0.05) is 37.9 Å². The predicted molar refractivity (Wildman–Crippen MR) is 113 cm³/mol. The van der Waals surface area contributed by atoms with Crippen molar-refractivity contribution >= 4 is 29.3 Å². The predicted octanol–water partition coefficient (Wildman–Crippen LogP) is 2.11. The zero-order valence-electron chi connectivity index (χ0n) is 17.9. The molecular weight excluding hydrogens is 398 g/mol. The summed E-state index contributed by atoms with van der Waals surface area (Å²) in [4.78, 5) is 56.1. The second-order valence-corrected chi connectivity index (χ2v) is 8.06. The molecule has 31 heavy (non-hydrogen) atoms. The van der Waals surface area contributed by atoms with Crippen LogP contribution in [0.1, 0.15) is 41.4 Å². The van der Waals surface area contributed by atoms with Crippen molar-refractivity contribution in [2.24, 2.45) is 0 Å². The molecule has 1 atom stereocenters. The van der Waals surface area contributed by atoms with Crippen LogP contribution in [-0.2, 0) is 19.8 Å². The average Bonchev–Trinajstić information content (AvgIpc) is 3.42. The van der Waals surface area contributed by atoms with Crippen LogP contribution in [0.5, 0.6) is 0 Å². The number of imide groups is 1. The lowest BCUT2D eigenvalue weighted by Gasteiger charge is -2.22. The van der Waals surface area contributed by atoms with E-state index < -0.39 is 11.3 Å². The lowest BCUT2D eigenvalue weighted by Crippen LogP contribution is -2.46. The van der Waals surface area contributed by atoms with Crippen LogP contribution in [0.4, 0.5) is 5.69 Å². The Bertz CT molecular complexity index is 1060. The minimum absolute atomic E-state index is 0.149. The van der Waals surface area contributed by atoms with Crippen LogP contribution < -0.4 is 4.90 Å². The minimum Gasteiger partial charge on any atom is -0.459 e. The van der Waals surface area contributed by atoms with Gasteiger partial charge in [0.25, 0.3) is 5.91 Å². The zero-order chi connectivity index (χ0) is 22.3. The second kappa shape index (κ2) is 7.68. The van der Waals surface area contributed by atoms with Gasteiger partial charge in [-0.05, 0) is 38.5 Å². The SMILES string of the molecule is CCN1C(=O)C2(CC(=O)N(CCCN(C)C(=O)c3ccco3)C2=O)c2cc(C)ccc21. The molecule has 8 nitrogen and oxygen atoms in total. The number of anilines is 1. The molecule has 1 aromatic heterocycles. The monoisotopic (exact) mass is 423 g/mol. The van der Waals surface area contributed by atoms with Crippen LogP contribution in [0.2, 0.25) is 0 Å². The van der Waals surface area contributed by atoms with Crippen molar-refractivity contribution in [2.45, 2.75) is 32.1 Å². The van der Waals surface area contributed by atoms with E-state index in [9.17, 15) is 19.2 Å². The Morgan fingerprint density at radius 2 is 1.90 bits per heavy atom. The van der Waals surface area contributed by atoms with E-state index in [4.69, 9.17) is 4.42 Å². The summed E-state index contributed by atoms with van der Waals surface area (Å²) in [6, 6.07) is 8.81. The van der Waals surface area contributed by atoms with Gasteiger partial charge in [0.2, 0.25) is 17.7 Å². The molecule has 162 valence electrons. The summed E-state index contributed by atoms with van der Waals surface area (Å²) < 4.78 is 5.12. The van der Waals surface area contributed by atoms with Gasteiger partial charge >= 0.3 is 0 Å². The van der Waals surface area contributed by atoms with E-state index in [1.807, 2.05) is 32.0 Å². The van der Waals surface area contributed by atoms with Gasteiger partial charge in [-0.15, -0.1) is 0 Å². The number of fused-ring (bicyclic) bond motifs is 2. The fraction of sp³-hybridized carbons (Fsp3) is 0.391. The van der Waals surface area contributed by atoms with Crippen LogP contribution in [0, 0.1) is 6.92 Å². The first-order valence-corrected chi connectivity index (χ1v) is 10.4. The number of aryl methyl sites for hydroxylation is 1. The van der Waals surface area contributed by atoms with Gasteiger partial charge in [0.1, 0.15) is 0 Å². The van der Waals surface area contributed by atoms with Crippen molar-refractivity contribution in [1.29, 1.82) is 0 Å². The summed E-state index contributed by atoms with van der Waals surface area (Å²) in [6.07, 6.45) is 1.68. The number of carbonyl (C=O) groups excluding carboxylic acids is 4. The molecule has 2 aliphatic rings. The van der Waals surface area contributed by atoms with Crippen molar-refractivity contribution in [3.8, 4) is 0 Å². The molecule has 2 aromatic rings. The van der Waals surface area contributed by atoms with E-state index in [1.54, 1.807) is 24.1 Å². The number of hydrogen-bond donors (Lipinski definition) is 0. The first-order chi connectivity index (χ1) is 14.8. The first-order valence-electron chi connectivity index (χ1n) is 10.4. The van der Waals surface area contributed by atoms with E-state index in [-0.39, 0.29) is 36.4 Å². The number of nitrogens with zero attached hydrogens (tertiary/aromatic N) is 3. The lowest BCUT2D eigenvalue weighted by molar-refractivity contribution is -0.141. The molecule has 1 aromatic carbocycles. The summed E-state index contributed by atoms with van der Waals surface area (Å²) in [7, 11) is 1.64. The highest BCUT2D eigenvalue weighted by molar-refractivity contribution is 6.28. The third-order valence-electron chi connectivity index (χ3n) is 6.11. The first kappa shape index (κ1) is 20.8. The van der Waals surface area contributed by atoms with Crippen molar-refractivity contribution in [1.82, 2.24) is 9.80 Å². The Kier molecular flexibility index (Phi) is 5.16. The maximum absolute atomic E-state index is 13.4. The summed E-state index contributed by atoms with van der Waals surface area (Å²) >= 11 is 0. The van der Waals surface area contributed by atoms with Crippen LogP contribution in [-0.4, -0.2) is 60.1 Å². The Balaban J connectivity index is 1.51. The Morgan fingerprint density at radius 3 is 2.58 bits per heavy atom.